The van der Waals surface area contributed by atoms with Crippen molar-refractivity contribution < 1.29 is 14.3 Å². The fourth-order valence-electron chi connectivity index (χ4n) is 2.85. The summed E-state index contributed by atoms with van der Waals surface area (Å²) in [6, 6.07) is 20.9. The molecule has 0 aliphatic rings. The fourth-order valence-corrected chi connectivity index (χ4v) is 2.85. The van der Waals surface area contributed by atoms with Crippen LogP contribution >= 0.6 is 0 Å². The topological polar surface area (TPSA) is 47.6 Å². The Kier molecular flexibility index (Phi) is 5.19. The highest BCUT2D eigenvalue weighted by Crippen LogP contribution is 2.28. The van der Waals surface area contributed by atoms with Gasteiger partial charge in [-0.05, 0) is 47.5 Å². The maximum Gasteiger partial charge on any atom is 0.333 e. The Bertz CT molecular complexity index is 853. The summed E-state index contributed by atoms with van der Waals surface area (Å²) >= 11 is 0. The summed E-state index contributed by atoms with van der Waals surface area (Å²) in [5, 5.41) is 5.41. The maximum absolute atomic E-state index is 12.6. The Morgan fingerprint density at radius 2 is 1.72 bits per heavy atom. The maximum atomic E-state index is 12.6. The number of anilines is 1. The van der Waals surface area contributed by atoms with Gasteiger partial charge in [-0.3, -0.25) is 0 Å². The predicted molar refractivity (Wildman–Crippen MR) is 99.9 cm³/mol. The molecule has 0 saturated heterocycles. The zero-order valence-corrected chi connectivity index (χ0v) is 14.4. The van der Waals surface area contributed by atoms with E-state index >= 15 is 0 Å². The molecule has 0 fully saturated rings. The molecule has 0 aliphatic carbocycles. The highest BCUT2D eigenvalue weighted by molar-refractivity contribution is 5.92. The van der Waals surface area contributed by atoms with Crippen molar-refractivity contribution in [1.82, 2.24) is 0 Å². The van der Waals surface area contributed by atoms with E-state index in [4.69, 9.17) is 9.47 Å². The SMILES string of the molecule is CCOC(=O)[C@H](Nc1ccc(OC)cc1)c1cccc2ccccc12. The van der Waals surface area contributed by atoms with Crippen LogP contribution in [0.4, 0.5) is 5.69 Å². The summed E-state index contributed by atoms with van der Waals surface area (Å²) < 4.78 is 10.5. The Hall–Kier alpha value is -3.01. The van der Waals surface area contributed by atoms with Crippen molar-refractivity contribution in [2.45, 2.75) is 13.0 Å². The van der Waals surface area contributed by atoms with Crippen LogP contribution in [0.15, 0.2) is 66.7 Å². The molecule has 0 bridgehead atoms. The van der Waals surface area contributed by atoms with Gasteiger partial charge in [-0.1, -0.05) is 42.5 Å². The van der Waals surface area contributed by atoms with Crippen LogP contribution in [0.2, 0.25) is 0 Å². The fraction of sp³-hybridized carbons (Fsp3) is 0.190. The van der Waals surface area contributed by atoms with Gasteiger partial charge in [-0.2, -0.15) is 0 Å². The molecule has 3 aromatic carbocycles. The van der Waals surface area contributed by atoms with Crippen LogP contribution in [-0.4, -0.2) is 19.7 Å². The first-order chi connectivity index (χ1) is 12.2. The molecule has 4 heteroatoms. The van der Waals surface area contributed by atoms with Gasteiger partial charge in [0.25, 0.3) is 0 Å². The van der Waals surface area contributed by atoms with E-state index in [1.54, 1.807) is 7.11 Å². The minimum Gasteiger partial charge on any atom is -0.497 e. The number of hydrogen-bond donors (Lipinski definition) is 1. The average molecular weight is 335 g/mol. The lowest BCUT2D eigenvalue weighted by molar-refractivity contribution is -0.144. The number of esters is 1. The van der Waals surface area contributed by atoms with E-state index in [1.165, 1.54) is 0 Å². The number of fused-ring (bicyclic) bond motifs is 1. The van der Waals surface area contributed by atoms with Crippen molar-refractivity contribution in [1.29, 1.82) is 0 Å². The standard InChI is InChI=1S/C21H21NO3/c1-3-25-21(23)20(22-16-11-13-17(24-2)14-12-16)19-10-6-8-15-7-4-5-9-18(15)19/h4-14,20,22H,3H2,1-2H3/t20-/m1/s1. The number of carbonyl (C=O) groups excluding carboxylic acids is 1. The monoisotopic (exact) mass is 335 g/mol. The summed E-state index contributed by atoms with van der Waals surface area (Å²) in [5.41, 5.74) is 1.72. The summed E-state index contributed by atoms with van der Waals surface area (Å²) in [6.45, 7) is 2.15. The minimum absolute atomic E-state index is 0.297. The molecule has 0 amide bonds. The van der Waals surface area contributed by atoms with Gasteiger partial charge in [0.15, 0.2) is 6.04 Å². The first-order valence-corrected chi connectivity index (χ1v) is 8.28. The van der Waals surface area contributed by atoms with Crippen LogP contribution in [0.25, 0.3) is 10.8 Å². The first-order valence-electron chi connectivity index (χ1n) is 8.28. The third-order valence-electron chi connectivity index (χ3n) is 4.06. The number of hydrogen-bond acceptors (Lipinski definition) is 4. The van der Waals surface area contributed by atoms with Gasteiger partial charge < -0.3 is 14.8 Å². The number of carbonyl (C=O) groups is 1. The van der Waals surface area contributed by atoms with Gasteiger partial charge in [-0.25, -0.2) is 4.79 Å². The van der Waals surface area contributed by atoms with Crippen molar-refractivity contribution in [2.24, 2.45) is 0 Å². The Labute approximate surface area is 147 Å². The molecule has 25 heavy (non-hydrogen) atoms. The molecule has 128 valence electrons. The van der Waals surface area contributed by atoms with Gasteiger partial charge in [0.2, 0.25) is 0 Å². The van der Waals surface area contributed by atoms with Crippen LogP contribution in [0.5, 0.6) is 5.75 Å². The summed E-state index contributed by atoms with van der Waals surface area (Å²) in [5.74, 6) is 0.470. The molecule has 0 unspecified atom stereocenters. The molecule has 1 N–H and O–H groups in total. The van der Waals surface area contributed by atoms with Crippen molar-refractivity contribution in [3.63, 3.8) is 0 Å². The van der Waals surface area contributed by atoms with Crippen LogP contribution < -0.4 is 10.1 Å². The minimum atomic E-state index is -0.584. The van der Waals surface area contributed by atoms with E-state index in [2.05, 4.69) is 5.32 Å². The molecule has 3 rings (SSSR count). The van der Waals surface area contributed by atoms with Crippen LogP contribution in [0.1, 0.15) is 18.5 Å². The zero-order valence-electron chi connectivity index (χ0n) is 14.4. The molecule has 1 atom stereocenters. The second kappa shape index (κ2) is 7.71. The number of benzene rings is 3. The quantitative estimate of drug-likeness (QED) is 0.671. The Morgan fingerprint density at radius 1 is 1.00 bits per heavy atom. The second-order valence-corrected chi connectivity index (χ2v) is 5.63. The Balaban J connectivity index is 2.00. The second-order valence-electron chi connectivity index (χ2n) is 5.63. The van der Waals surface area contributed by atoms with E-state index in [-0.39, 0.29) is 5.97 Å². The lowest BCUT2D eigenvalue weighted by Crippen LogP contribution is -2.23. The largest absolute Gasteiger partial charge is 0.497 e. The van der Waals surface area contributed by atoms with Crippen LogP contribution in [0.3, 0.4) is 0 Å². The van der Waals surface area contributed by atoms with Gasteiger partial charge in [-0.15, -0.1) is 0 Å². The van der Waals surface area contributed by atoms with Crippen LogP contribution in [0, 0.1) is 0 Å². The molecule has 0 aromatic heterocycles. The molecule has 0 saturated carbocycles. The zero-order chi connectivity index (χ0) is 17.6. The van der Waals surface area contributed by atoms with Crippen molar-refractivity contribution >= 4 is 22.4 Å². The molecule has 3 aromatic rings. The van der Waals surface area contributed by atoms with E-state index in [0.29, 0.717) is 6.61 Å². The lowest BCUT2D eigenvalue weighted by Gasteiger charge is -2.20. The molecular weight excluding hydrogens is 314 g/mol. The molecule has 0 aliphatic heterocycles. The highest BCUT2D eigenvalue weighted by Gasteiger charge is 2.23. The van der Waals surface area contributed by atoms with Gasteiger partial charge in [0.05, 0.1) is 13.7 Å². The number of ether oxygens (including phenoxy) is 2. The van der Waals surface area contributed by atoms with Crippen molar-refractivity contribution in [3.8, 4) is 5.75 Å². The van der Waals surface area contributed by atoms with Gasteiger partial charge >= 0.3 is 5.97 Å². The third kappa shape index (κ3) is 3.74. The number of rotatable bonds is 6. The normalized spacial score (nSPS) is 11.8. The third-order valence-corrected chi connectivity index (χ3v) is 4.06. The molecule has 0 spiro atoms. The molecule has 0 radical (unpaired) electrons. The van der Waals surface area contributed by atoms with Gasteiger partial charge in [0, 0.05) is 5.69 Å². The van der Waals surface area contributed by atoms with Crippen LogP contribution in [-0.2, 0) is 9.53 Å². The average Bonchev–Trinajstić information content (AvgIpc) is 2.66. The molecule has 0 heterocycles. The molecular formula is C21H21NO3. The van der Waals surface area contributed by atoms with E-state index in [9.17, 15) is 4.79 Å². The van der Waals surface area contributed by atoms with Gasteiger partial charge in [0.1, 0.15) is 5.75 Å². The van der Waals surface area contributed by atoms with E-state index in [0.717, 1.165) is 27.8 Å². The van der Waals surface area contributed by atoms with Crippen molar-refractivity contribution in [3.05, 3.63) is 72.3 Å². The van der Waals surface area contributed by atoms with E-state index in [1.807, 2.05) is 73.7 Å². The lowest BCUT2D eigenvalue weighted by atomic mass is 9.98. The summed E-state index contributed by atoms with van der Waals surface area (Å²) in [4.78, 5) is 12.6. The number of methoxy groups -OCH3 is 1. The van der Waals surface area contributed by atoms with Crippen molar-refractivity contribution in [2.75, 3.05) is 19.0 Å². The molecule has 4 nitrogen and oxygen atoms in total. The number of nitrogens with one attached hydrogen (secondary N) is 1. The first kappa shape index (κ1) is 16.8. The smallest absolute Gasteiger partial charge is 0.333 e. The Morgan fingerprint density at radius 3 is 2.44 bits per heavy atom. The van der Waals surface area contributed by atoms with E-state index < -0.39 is 6.04 Å². The predicted octanol–water partition coefficient (Wildman–Crippen LogP) is 4.56. The summed E-state index contributed by atoms with van der Waals surface area (Å²) in [7, 11) is 1.62. The summed E-state index contributed by atoms with van der Waals surface area (Å²) in [6.07, 6.45) is 0. The highest BCUT2D eigenvalue weighted by atomic mass is 16.5.